The lowest BCUT2D eigenvalue weighted by Crippen LogP contribution is -2.40. The standard InChI is InChI=1S/C26H24ClN3O4/c1-16(2)26(31)29-24(18-4-10-20(27)11-5-18)23(17-6-12-21(13-7-17)30(32)33)28-25(29)19-8-14-22(34-3)15-9-19/h4-16,23-24H,1-3H3/t23-,24+/m1/s1. The maximum atomic E-state index is 13.5. The van der Waals surface area contributed by atoms with Crippen LogP contribution < -0.4 is 4.74 Å². The minimum absolute atomic E-state index is 0.000685. The van der Waals surface area contributed by atoms with Crippen molar-refractivity contribution >= 4 is 29.0 Å². The Balaban J connectivity index is 1.88. The largest absolute Gasteiger partial charge is 0.497 e. The van der Waals surface area contributed by atoms with E-state index < -0.39 is 17.0 Å². The quantitative estimate of drug-likeness (QED) is 0.322. The number of hydrogen-bond acceptors (Lipinski definition) is 5. The third kappa shape index (κ3) is 4.52. The zero-order valence-electron chi connectivity index (χ0n) is 19.0. The fourth-order valence-electron chi connectivity index (χ4n) is 4.05. The van der Waals surface area contributed by atoms with Crippen molar-refractivity contribution in [3.8, 4) is 5.75 Å². The summed E-state index contributed by atoms with van der Waals surface area (Å²) in [6, 6.07) is 20.2. The summed E-state index contributed by atoms with van der Waals surface area (Å²) >= 11 is 6.14. The Morgan fingerprint density at radius 3 is 2.12 bits per heavy atom. The first-order valence-electron chi connectivity index (χ1n) is 10.8. The van der Waals surface area contributed by atoms with Gasteiger partial charge < -0.3 is 4.74 Å². The number of ether oxygens (including phenoxy) is 1. The monoisotopic (exact) mass is 477 g/mol. The lowest BCUT2D eigenvalue weighted by molar-refractivity contribution is -0.384. The minimum Gasteiger partial charge on any atom is -0.497 e. The van der Waals surface area contributed by atoms with Crippen LogP contribution in [-0.4, -0.2) is 28.7 Å². The van der Waals surface area contributed by atoms with Crippen LogP contribution in [0.1, 0.15) is 42.6 Å². The van der Waals surface area contributed by atoms with Gasteiger partial charge in [0.15, 0.2) is 0 Å². The van der Waals surface area contributed by atoms with E-state index in [-0.39, 0.29) is 17.5 Å². The van der Waals surface area contributed by atoms with Crippen molar-refractivity contribution in [3.63, 3.8) is 0 Å². The first kappa shape index (κ1) is 23.4. The van der Waals surface area contributed by atoms with Gasteiger partial charge in [0.25, 0.3) is 5.69 Å². The van der Waals surface area contributed by atoms with Crippen molar-refractivity contribution in [2.75, 3.05) is 7.11 Å². The van der Waals surface area contributed by atoms with Crippen LogP contribution in [0.3, 0.4) is 0 Å². The van der Waals surface area contributed by atoms with Gasteiger partial charge in [0.05, 0.1) is 18.1 Å². The predicted molar refractivity (Wildman–Crippen MR) is 131 cm³/mol. The highest BCUT2D eigenvalue weighted by Gasteiger charge is 2.42. The molecule has 8 heteroatoms. The van der Waals surface area contributed by atoms with Gasteiger partial charge in [-0.15, -0.1) is 0 Å². The predicted octanol–water partition coefficient (Wildman–Crippen LogP) is 5.98. The molecule has 1 amide bonds. The molecular formula is C26H24ClN3O4. The summed E-state index contributed by atoms with van der Waals surface area (Å²) in [6.45, 7) is 3.71. The molecule has 0 saturated heterocycles. The van der Waals surface area contributed by atoms with E-state index in [1.165, 1.54) is 12.1 Å². The van der Waals surface area contributed by atoms with Crippen LogP contribution in [0.4, 0.5) is 5.69 Å². The Bertz CT molecular complexity index is 1220. The Morgan fingerprint density at radius 2 is 1.59 bits per heavy atom. The normalized spacial score (nSPS) is 17.6. The summed E-state index contributed by atoms with van der Waals surface area (Å²) in [5.74, 6) is 0.905. The summed E-state index contributed by atoms with van der Waals surface area (Å²) in [7, 11) is 1.60. The van der Waals surface area contributed by atoms with Crippen molar-refractivity contribution in [1.82, 2.24) is 4.90 Å². The summed E-state index contributed by atoms with van der Waals surface area (Å²) < 4.78 is 5.28. The third-order valence-electron chi connectivity index (χ3n) is 5.80. The lowest BCUT2D eigenvalue weighted by atomic mass is 9.92. The van der Waals surface area contributed by atoms with Gasteiger partial charge in [0.1, 0.15) is 17.6 Å². The molecule has 0 N–H and O–H groups in total. The molecule has 0 aromatic heterocycles. The van der Waals surface area contributed by atoms with Crippen molar-refractivity contribution in [2.45, 2.75) is 25.9 Å². The number of halogens is 1. The molecule has 7 nitrogen and oxygen atoms in total. The molecule has 1 aliphatic rings. The van der Waals surface area contributed by atoms with E-state index in [0.717, 1.165) is 16.7 Å². The van der Waals surface area contributed by atoms with Gasteiger partial charge in [0.2, 0.25) is 5.91 Å². The number of aliphatic imine (C=N–C) groups is 1. The first-order chi connectivity index (χ1) is 16.3. The van der Waals surface area contributed by atoms with Gasteiger partial charge in [-0.1, -0.05) is 37.6 Å². The Labute approximate surface area is 202 Å². The SMILES string of the molecule is COc1ccc(C2=N[C@H](c3ccc([N+](=O)[O-])cc3)[C@H](c3ccc(Cl)cc3)N2C(=O)C(C)C)cc1. The van der Waals surface area contributed by atoms with Crippen LogP contribution in [0, 0.1) is 16.0 Å². The number of amidine groups is 1. The molecular weight excluding hydrogens is 454 g/mol. The number of nitro groups is 1. The molecule has 174 valence electrons. The van der Waals surface area contributed by atoms with E-state index in [1.807, 2.05) is 50.2 Å². The van der Waals surface area contributed by atoms with Gasteiger partial charge >= 0.3 is 0 Å². The molecule has 2 atom stereocenters. The summed E-state index contributed by atoms with van der Waals surface area (Å²) in [4.78, 5) is 31.0. The molecule has 4 rings (SSSR count). The Morgan fingerprint density at radius 1 is 1.00 bits per heavy atom. The Kier molecular flexibility index (Phi) is 6.65. The van der Waals surface area contributed by atoms with Crippen LogP contribution in [0.15, 0.2) is 77.8 Å². The van der Waals surface area contributed by atoms with Crippen molar-refractivity contribution in [3.05, 3.63) is 105 Å². The van der Waals surface area contributed by atoms with Gasteiger partial charge in [0, 0.05) is 28.6 Å². The van der Waals surface area contributed by atoms with E-state index in [0.29, 0.717) is 16.6 Å². The second-order valence-corrected chi connectivity index (χ2v) is 8.77. The number of carbonyl (C=O) groups excluding carboxylic acids is 1. The van der Waals surface area contributed by atoms with Crippen molar-refractivity contribution in [2.24, 2.45) is 10.9 Å². The highest BCUT2D eigenvalue weighted by Crippen LogP contribution is 2.44. The number of rotatable bonds is 6. The summed E-state index contributed by atoms with van der Waals surface area (Å²) in [6.07, 6.45) is 0. The molecule has 0 bridgehead atoms. The van der Waals surface area contributed by atoms with Gasteiger partial charge in [-0.3, -0.25) is 24.8 Å². The highest BCUT2D eigenvalue weighted by atomic mass is 35.5. The van der Waals surface area contributed by atoms with Gasteiger partial charge in [-0.05, 0) is 59.7 Å². The number of benzene rings is 3. The molecule has 0 radical (unpaired) electrons. The maximum Gasteiger partial charge on any atom is 0.269 e. The number of non-ortho nitro benzene ring substituents is 1. The van der Waals surface area contributed by atoms with Crippen molar-refractivity contribution in [1.29, 1.82) is 0 Å². The zero-order chi connectivity index (χ0) is 24.4. The molecule has 0 unspecified atom stereocenters. The topological polar surface area (TPSA) is 85.0 Å². The summed E-state index contributed by atoms with van der Waals surface area (Å²) in [5, 5.41) is 11.7. The average Bonchev–Trinajstić information content (AvgIpc) is 3.24. The molecule has 0 fully saturated rings. The number of hydrogen-bond donors (Lipinski definition) is 0. The molecule has 0 saturated carbocycles. The van der Waals surface area contributed by atoms with Crippen LogP contribution in [0.2, 0.25) is 5.02 Å². The van der Waals surface area contributed by atoms with E-state index in [4.69, 9.17) is 21.3 Å². The minimum atomic E-state index is -0.457. The number of methoxy groups -OCH3 is 1. The summed E-state index contributed by atoms with van der Waals surface area (Å²) in [5.41, 5.74) is 2.42. The number of nitro benzene ring substituents is 1. The van der Waals surface area contributed by atoms with Crippen LogP contribution in [-0.2, 0) is 4.79 Å². The molecule has 3 aromatic rings. The molecule has 0 spiro atoms. The van der Waals surface area contributed by atoms with Gasteiger partial charge in [-0.25, -0.2) is 0 Å². The molecule has 0 aliphatic carbocycles. The number of carbonyl (C=O) groups is 1. The molecule has 1 aliphatic heterocycles. The molecule has 34 heavy (non-hydrogen) atoms. The van der Waals surface area contributed by atoms with E-state index in [1.54, 1.807) is 36.3 Å². The van der Waals surface area contributed by atoms with E-state index in [9.17, 15) is 14.9 Å². The third-order valence-corrected chi connectivity index (χ3v) is 6.06. The zero-order valence-corrected chi connectivity index (χ0v) is 19.8. The van der Waals surface area contributed by atoms with Crippen LogP contribution in [0.5, 0.6) is 5.75 Å². The highest BCUT2D eigenvalue weighted by molar-refractivity contribution is 6.30. The van der Waals surface area contributed by atoms with Gasteiger partial charge in [-0.2, -0.15) is 0 Å². The lowest BCUT2D eigenvalue weighted by Gasteiger charge is -2.31. The smallest absolute Gasteiger partial charge is 0.269 e. The number of nitrogens with zero attached hydrogens (tertiary/aromatic N) is 3. The Hall–Kier alpha value is -3.71. The number of amides is 1. The van der Waals surface area contributed by atoms with E-state index in [2.05, 4.69) is 0 Å². The van der Waals surface area contributed by atoms with E-state index >= 15 is 0 Å². The van der Waals surface area contributed by atoms with Crippen LogP contribution in [0.25, 0.3) is 0 Å². The second kappa shape index (κ2) is 9.65. The fourth-order valence-corrected chi connectivity index (χ4v) is 4.18. The van der Waals surface area contributed by atoms with Crippen LogP contribution >= 0.6 is 11.6 Å². The van der Waals surface area contributed by atoms with Crippen molar-refractivity contribution < 1.29 is 14.5 Å². The second-order valence-electron chi connectivity index (χ2n) is 8.33. The fraction of sp³-hybridized carbons (Fsp3) is 0.231. The molecule has 3 aromatic carbocycles. The first-order valence-corrected chi connectivity index (χ1v) is 11.2. The molecule has 1 heterocycles. The average molecular weight is 478 g/mol. The maximum absolute atomic E-state index is 13.5.